The number of nitriles is 1. The molecule has 1 unspecified atom stereocenters. The van der Waals surface area contributed by atoms with Crippen molar-refractivity contribution in [2.24, 2.45) is 5.92 Å². The minimum Gasteiger partial charge on any atom is -0.481 e. The highest BCUT2D eigenvalue weighted by Gasteiger charge is 2.27. The smallest absolute Gasteiger partial charge is 0.308 e. The topological polar surface area (TPSA) is 64.3 Å². The van der Waals surface area contributed by atoms with Gasteiger partial charge in [0.25, 0.3) is 0 Å². The standard InChI is InChI=1S/C14H16N2O2/c1-10-4-2-5-11(8-15)13(10)16-7-3-6-12(9-16)14(17)18/h2,4-5,12H,3,6-7,9H2,1H3,(H,17,18). The van der Waals surface area contributed by atoms with Crippen LogP contribution in [0.1, 0.15) is 24.0 Å². The molecule has 1 aromatic carbocycles. The second kappa shape index (κ2) is 5.09. The molecule has 0 radical (unpaired) electrons. The summed E-state index contributed by atoms with van der Waals surface area (Å²) < 4.78 is 0. The summed E-state index contributed by atoms with van der Waals surface area (Å²) in [5.41, 5.74) is 2.55. The lowest BCUT2D eigenvalue weighted by molar-refractivity contribution is -0.141. The molecule has 2 rings (SSSR count). The number of carboxylic acids is 1. The second-order valence-corrected chi connectivity index (χ2v) is 4.71. The van der Waals surface area contributed by atoms with Crippen LogP contribution in [0.3, 0.4) is 0 Å². The van der Waals surface area contributed by atoms with E-state index in [0.717, 1.165) is 30.6 Å². The molecule has 0 saturated carbocycles. The summed E-state index contributed by atoms with van der Waals surface area (Å²) in [5.74, 6) is -1.07. The van der Waals surface area contributed by atoms with Crippen LogP contribution in [0.5, 0.6) is 0 Å². The number of para-hydroxylation sites is 1. The van der Waals surface area contributed by atoms with Gasteiger partial charge in [-0.25, -0.2) is 0 Å². The van der Waals surface area contributed by atoms with E-state index < -0.39 is 5.97 Å². The van der Waals surface area contributed by atoms with Crippen LogP contribution in [0.2, 0.25) is 0 Å². The van der Waals surface area contributed by atoms with Crippen molar-refractivity contribution in [3.05, 3.63) is 29.3 Å². The van der Waals surface area contributed by atoms with Gasteiger partial charge >= 0.3 is 5.97 Å². The number of hydrogen-bond donors (Lipinski definition) is 1. The summed E-state index contributed by atoms with van der Waals surface area (Å²) in [6.07, 6.45) is 1.58. The maximum absolute atomic E-state index is 11.1. The zero-order valence-corrected chi connectivity index (χ0v) is 10.4. The molecule has 0 bridgehead atoms. The first kappa shape index (κ1) is 12.4. The van der Waals surface area contributed by atoms with Gasteiger partial charge in [-0.05, 0) is 31.4 Å². The number of rotatable bonds is 2. The molecule has 1 fully saturated rings. The Balaban J connectivity index is 2.32. The minimum absolute atomic E-state index is 0.329. The number of hydrogen-bond acceptors (Lipinski definition) is 3. The molecule has 0 aromatic heterocycles. The van der Waals surface area contributed by atoms with Crippen molar-refractivity contribution in [1.82, 2.24) is 0 Å². The van der Waals surface area contributed by atoms with E-state index in [0.29, 0.717) is 12.1 Å². The van der Waals surface area contributed by atoms with Crippen molar-refractivity contribution in [2.45, 2.75) is 19.8 Å². The fourth-order valence-electron chi connectivity index (χ4n) is 2.55. The Labute approximate surface area is 106 Å². The fourth-order valence-corrected chi connectivity index (χ4v) is 2.55. The highest BCUT2D eigenvalue weighted by Crippen LogP contribution is 2.29. The molecule has 0 amide bonds. The van der Waals surface area contributed by atoms with Crippen molar-refractivity contribution in [3.8, 4) is 6.07 Å². The average molecular weight is 244 g/mol. The Morgan fingerprint density at radius 1 is 1.56 bits per heavy atom. The molecule has 94 valence electrons. The number of carbonyl (C=O) groups is 1. The molecule has 1 saturated heterocycles. The number of aliphatic carboxylic acids is 1. The normalized spacial score (nSPS) is 19.3. The molecule has 1 atom stereocenters. The first-order valence-electron chi connectivity index (χ1n) is 6.11. The molecule has 1 aliphatic heterocycles. The van der Waals surface area contributed by atoms with Crippen LogP contribution in [0.4, 0.5) is 5.69 Å². The number of carboxylic acid groups (broad SMARTS) is 1. The molecule has 0 spiro atoms. The van der Waals surface area contributed by atoms with Crippen molar-refractivity contribution < 1.29 is 9.90 Å². The van der Waals surface area contributed by atoms with Gasteiger partial charge in [0.2, 0.25) is 0 Å². The summed E-state index contributed by atoms with van der Waals surface area (Å²) in [4.78, 5) is 13.1. The van der Waals surface area contributed by atoms with Gasteiger partial charge in [0.05, 0.1) is 17.2 Å². The summed E-state index contributed by atoms with van der Waals surface area (Å²) >= 11 is 0. The number of piperidine rings is 1. The molecular formula is C14H16N2O2. The quantitative estimate of drug-likeness (QED) is 0.866. The number of benzene rings is 1. The third-order valence-corrected chi connectivity index (χ3v) is 3.45. The number of aryl methyl sites for hydroxylation is 1. The zero-order chi connectivity index (χ0) is 13.1. The van der Waals surface area contributed by atoms with Crippen molar-refractivity contribution >= 4 is 11.7 Å². The first-order chi connectivity index (χ1) is 8.63. The summed E-state index contributed by atoms with van der Waals surface area (Å²) in [7, 11) is 0. The lowest BCUT2D eigenvalue weighted by Crippen LogP contribution is -2.39. The van der Waals surface area contributed by atoms with E-state index in [4.69, 9.17) is 10.4 Å². The predicted molar refractivity (Wildman–Crippen MR) is 68.5 cm³/mol. The largest absolute Gasteiger partial charge is 0.481 e. The van der Waals surface area contributed by atoms with E-state index in [-0.39, 0.29) is 5.92 Å². The average Bonchev–Trinajstić information content (AvgIpc) is 2.38. The third kappa shape index (κ3) is 2.30. The van der Waals surface area contributed by atoms with Crippen LogP contribution in [0, 0.1) is 24.2 Å². The fraction of sp³-hybridized carbons (Fsp3) is 0.429. The van der Waals surface area contributed by atoms with Crippen molar-refractivity contribution in [1.29, 1.82) is 5.26 Å². The van der Waals surface area contributed by atoms with Gasteiger partial charge in [0.15, 0.2) is 0 Å². The van der Waals surface area contributed by atoms with E-state index in [1.807, 2.05) is 24.0 Å². The third-order valence-electron chi connectivity index (χ3n) is 3.45. The molecule has 1 N–H and O–H groups in total. The molecule has 18 heavy (non-hydrogen) atoms. The van der Waals surface area contributed by atoms with Crippen molar-refractivity contribution in [3.63, 3.8) is 0 Å². The van der Waals surface area contributed by atoms with Gasteiger partial charge in [0.1, 0.15) is 6.07 Å². The van der Waals surface area contributed by atoms with E-state index >= 15 is 0 Å². The number of nitrogens with zero attached hydrogens (tertiary/aromatic N) is 2. The van der Waals surface area contributed by atoms with E-state index in [1.165, 1.54) is 0 Å². The Morgan fingerprint density at radius 2 is 2.33 bits per heavy atom. The van der Waals surface area contributed by atoms with Gasteiger partial charge in [-0.3, -0.25) is 4.79 Å². The van der Waals surface area contributed by atoms with Crippen LogP contribution in [0.15, 0.2) is 18.2 Å². The van der Waals surface area contributed by atoms with Gasteiger partial charge in [0, 0.05) is 13.1 Å². The molecular weight excluding hydrogens is 228 g/mol. The first-order valence-corrected chi connectivity index (χ1v) is 6.11. The van der Waals surface area contributed by atoms with Gasteiger partial charge in [-0.2, -0.15) is 5.26 Å². The SMILES string of the molecule is Cc1cccc(C#N)c1N1CCCC(C(=O)O)C1. The summed E-state index contributed by atoms with van der Waals surface area (Å²) in [5, 5.41) is 18.3. The van der Waals surface area contributed by atoms with Crippen LogP contribution in [-0.4, -0.2) is 24.2 Å². The van der Waals surface area contributed by atoms with E-state index in [2.05, 4.69) is 6.07 Å². The zero-order valence-electron chi connectivity index (χ0n) is 10.4. The Bertz CT molecular complexity index is 505. The number of anilines is 1. The maximum atomic E-state index is 11.1. The molecule has 0 aliphatic carbocycles. The molecule has 1 aliphatic rings. The van der Waals surface area contributed by atoms with Crippen LogP contribution >= 0.6 is 0 Å². The maximum Gasteiger partial charge on any atom is 0.308 e. The second-order valence-electron chi connectivity index (χ2n) is 4.71. The van der Waals surface area contributed by atoms with Gasteiger partial charge in [-0.15, -0.1) is 0 Å². The van der Waals surface area contributed by atoms with Crippen LogP contribution in [-0.2, 0) is 4.79 Å². The Hall–Kier alpha value is -2.02. The lowest BCUT2D eigenvalue weighted by Gasteiger charge is -2.34. The summed E-state index contributed by atoms with van der Waals surface area (Å²) in [6, 6.07) is 7.79. The summed E-state index contributed by atoms with van der Waals surface area (Å²) in [6.45, 7) is 3.28. The van der Waals surface area contributed by atoms with Gasteiger partial charge in [-0.1, -0.05) is 12.1 Å². The Morgan fingerprint density at radius 3 is 3.00 bits per heavy atom. The van der Waals surface area contributed by atoms with Gasteiger partial charge < -0.3 is 10.0 Å². The van der Waals surface area contributed by atoms with E-state index in [9.17, 15) is 4.79 Å². The predicted octanol–water partition coefficient (Wildman–Crippen LogP) is 2.17. The highest BCUT2D eigenvalue weighted by atomic mass is 16.4. The molecule has 4 heteroatoms. The monoisotopic (exact) mass is 244 g/mol. The Kier molecular flexibility index (Phi) is 3.52. The van der Waals surface area contributed by atoms with E-state index in [1.54, 1.807) is 6.07 Å². The molecule has 4 nitrogen and oxygen atoms in total. The highest BCUT2D eigenvalue weighted by molar-refractivity contribution is 5.72. The minimum atomic E-state index is -0.744. The van der Waals surface area contributed by atoms with Crippen molar-refractivity contribution in [2.75, 3.05) is 18.0 Å². The van der Waals surface area contributed by atoms with Crippen LogP contribution in [0.25, 0.3) is 0 Å². The lowest BCUT2D eigenvalue weighted by atomic mass is 9.96. The molecule has 1 aromatic rings. The molecule has 1 heterocycles. The van der Waals surface area contributed by atoms with Crippen LogP contribution < -0.4 is 4.90 Å².